The number of nitrogens with zero attached hydrogens (tertiary/aromatic N) is 1. The van der Waals surface area contributed by atoms with Crippen LogP contribution in [0.1, 0.15) is 35.5 Å². The molecular weight excluding hydrogens is 264 g/mol. The number of rotatable bonds is 5. The molecule has 0 radical (unpaired) electrons. The predicted molar refractivity (Wildman–Crippen MR) is 85.2 cm³/mol. The highest BCUT2D eigenvalue weighted by molar-refractivity contribution is 6.04. The fraction of sp³-hybridized carbons (Fsp3) is 0.250. The molecule has 0 spiro atoms. The van der Waals surface area contributed by atoms with E-state index in [4.69, 9.17) is 5.84 Å². The number of nitrogen functional groups attached to an aromatic ring is 1. The summed E-state index contributed by atoms with van der Waals surface area (Å²) in [5.74, 6) is 5.70. The van der Waals surface area contributed by atoms with Crippen LogP contribution in [0.3, 0.4) is 0 Å². The number of hydrazine groups is 1. The first-order valence-electron chi connectivity index (χ1n) is 7.04. The van der Waals surface area contributed by atoms with Crippen molar-refractivity contribution in [3.63, 3.8) is 0 Å². The van der Waals surface area contributed by atoms with Gasteiger partial charge >= 0.3 is 0 Å². The summed E-state index contributed by atoms with van der Waals surface area (Å²) in [6.45, 7) is 4.08. The number of nitrogens with two attached hydrogens (primary N) is 1. The molecule has 0 aliphatic rings. The fourth-order valence-corrected chi connectivity index (χ4v) is 2.00. The van der Waals surface area contributed by atoms with Gasteiger partial charge in [-0.05, 0) is 42.7 Å². The third-order valence-corrected chi connectivity index (χ3v) is 3.27. The van der Waals surface area contributed by atoms with Crippen molar-refractivity contribution in [1.82, 2.24) is 4.98 Å². The third-order valence-electron chi connectivity index (χ3n) is 3.27. The van der Waals surface area contributed by atoms with Crippen molar-refractivity contribution < 1.29 is 4.79 Å². The van der Waals surface area contributed by atoms with E-state index >= 15 is 0 Å². The van der Waals surface area contributed by atoms with Crippen LogP contribution >= 0.6 is 0 Å². The van der Waals surface area contributed by atoms with E-state index in [9.17, 15) is 4.79 Å². The van der Waals surface area contributed by atoms with Crippen molar-refractivity contribution in [3.05, 3.63) is 53.2 Å². The summed E-state index contributed by atoms with van der Waals surface area (Å²) in [5, 5.41) is 2.88. The molecule has 0 fully saturated rings. The van der Waals surface area contributed by atoms with E-state index in [1.54, 1.807) is 12.1 Å². The van der Waals surface area contributed by atoms with Gasteiger partial charge in [-0.15, -0.1) is 0 Å². The first-order chi connectivity index (χ1) is 10.2. The maximum Gasteiger partial charge on any atom is 0.255 e. The van der Waals surface area contributed by atoms with Gasteiger partial charge in [0.15, 0.2) is 0 Å². The van der Waals surface area contributed by atoms with Crippen LogP contribution in [-0.2, 0) is 12.8 Å². The van der Waals surface area contributed by atoms with Crippen molar-refractivity contribution >= 4 is 17.4 Å². The maximum atomic E-state index is 12.3. The van der Waals surface area contributed by atoms with Gasteiger partial charge in [0.2, 0.25) is 0 Å². The van der Waals surface area contributed by atoms with Crippen LogP contribution in [-0.4, -0.2) is 10.9 Å². The molecule has 0 aliphatic carbocycles. The number of aryl methyl sites for hydroxylation is 2. The summed E-state index contributed by atoms with van der Waals surface area (Å²) in [4.78, 5) is 16.6. The number of nitrogens with one attached hydrogen (secondary N) is 2. The summed E-state index contributed by atoms with van der Waals surface area (Å²) in [6, 6.07) is 11.2. The minimum absolute atomic E-state index is 0.173. The first kappa shape index (κ1) is 15.0. The smallest absolute Gasteiger partial charge is 0.255 e. The molecule has 110 valence electrons. The lowest BCUT2D eigenvalue weighted by atomic mass is 10.1. The van der Waals surface area contributed by atoms with Gasteiger partial charge in [0.25, 0.3) is 5.91 Å². The molecule has 0 bridgehead atoms. The third kappa shape index (κ3) is 3.79. The van der Waals surface area contributed by atoms with Crippen molar-refractivity contribution in [3.8, 4) is 0 Å². The van der Waals surface area contributed by atoms with Crippen LogP contribution in [0.25, 0.3) is 0 Å². The van der Waals surface area contributed by atoms with Crippen molar-refractivity contribution in [2.75, 3.05) is 10.7 Å². The van der Waals surface area contributed by atoms with Crippen LogP contribution in [0.5, 0.6) is 0 Å². The first-order valence-corrected chi connectivity index (χ1v) is 7.04. The Balaban J connectivity index is 2.18. The molecule has 1 amide bonds. The molecule has 0 saturated heterocycles. The molecule has 0 unspecified atom stereocenters. The van der Waals surface area contributed by atoms with E-state index in [2.05, 4.69) is 22.7 Å². The molecule has 21 heavy (non-hydrogen) atoms. The maximum absolute atomic E-state index is 12.3. The van der Waals surface area contributed by atoms with Crippen LogP contribution < -0.4 is 16.6 Å². The summed E-state index contributed by atoms with van der Waals surface area (Å²) in [6.07, 6.45) is 1.71. The highest BCUT2D eigenvalue weighted by Crippen LogP contribution is 2.14. The highest BCUT2D eigenvalue weighted by Gasteiger charge is 2.09. The number of benzene rings is 1. The molecule has 0 atom stereocenters. The predicted octanol–water partition coefficient (Wildman–Crippen LogP) is 2.74. The van der Waals surface area contributed by atoms with Gasteiger partial charge < -0.3 is 10.7 Å². The zero-order valence-electron chi connectivity index (χ0n) is 12.3. The molecule has 5 nitrogen and oxygen atoms in total. The lowest BCUT2D eigenvalue weighted by molar-refractivity contribution is 0.102. The second-order valence-electron chi connectivity index (χ2n) is 4.73. The Morgan fingerprint density at radius 1 is 1.14 bits per heavy atom. The van der Waals surface area contributed by atoms with E-state index in [0.29, 0.717) is 11.4 Å². The normalized spacial score (nSPS) is 10.2. The standard InChI is InChI=1S/C16H20N4O/c1-3-11-5-7-14(8-6-11)19-16(21)12-9-13(4-2)18-15(10-12)20-17/h5-10H,3-4,17H2,1-2H3,(H,18,20)(H,19,21). The topological polar surface area (TPSA) is 80.0 Å². The largest absolute Gasteiger partial charge is 0.322 e. The van der Waals surface area contributed by atoms with E-state index in [1.165, 1.54) is 5.56 Å². The number of pyridine rings is 1. The van der Waals surface area contributed by atoms with Crippen LogP contribution in [0.15, 0.2) is 36.4 Å². The van der Waals surface area contributed by atoms with E-state index in [0.717, 1.165) is 24.2 Å². The fourth-order valence-electron chi connectivity index (χ4n) is 2.00. The molecule has 0 aliphatic heterocycles. The number of hydrogen-bond acceptors (Lipinski definition) is 4. The summed E-state index contributed by atoms with van der Waals surface area (Å²) in [5.41, 5.74) is 5.85. The zero-order valence-corrected chi connectivity index (χ0v) is 12.3. The van der Waals surface area contributed by atoms with E-state index in [-0.39, 0.29) is 5.91 Å². The Morgan fingerprint density at radius 3 is 2.43 bits per heavy atom. The number of amides is 1. The lowest BCUT2D eigenvalue weighted by Crippen LogP contribution is -2.15. The molecule has 0 saturated carbocycles. The number of hydrogen-bond donors (Lipinski definition) is 3. The Hall–Kier alpha value is -2.40. The molecule has 5 heteroatoms. The SMILES string of the molecule is CCc1ccc(NC(=O)c2cc(CC)nc(NN)c2)cc1. The number of carbonyl (C=O) groups is 1. The summed E-state index contributed by atoms with van der Waals surface area (Å²) < 4.78 is 0. The monoisotopic (exact) mass is 284 g/mol. The van der Waals surface area contributed by atoms with Gasteiger partial charge in [0.05, 0.1) is 0 Å². The minimum Gasteiger partial charge on any atom is -0.322 e. The summed E-state index contributed by atoms with van der Waals surface area (Å²) >= 11 is 0. The van der Waals surface area contributed by atoms with Crippen LogP contribution in [0.4, 0.5) is 11.5 Å². The van der Waals surface area contributed by atoms with Gasteiger partial charge in [-0.2, -0.15) is 0 Å². The minimum atomic E-state index is -0.173. The number of aromatic nitrogens is 1. The van der Waals surface area contributed by atoms with Gasteiger partial charge in [-0.25, -0.2) is 10.8 Å². The van der Waals surface area contributed by atoms with Gasteiger partial charge in [0.1, 0.15) is 5.82 Å². The van der Waals surface area contributed by atoms with Crippen molar-refractivity contribution in [2.45, 2.75) is 26.7 Å². The second kappa shape index (κ2) is 6.85. The van der Waals surface area contributed by atoms with E-state index in [1.807, 2.05) is 31.2 Å². The lowest BCUT2D eigenvalue weighted by Gasteiger charge is -2.09. The Morgan fingerprint density at radius 2 is 1.86 bits per heavy atom. The highest BCUT2D eigenvalue weighted by atomic mass is 16.1. The average molecular weight is 284 g/mol. The Labute approximate surface area is 124 Å². The molecule has 1 heterocycles. The van der Waals surface area contributed by atoms with Crippen molar-refractivity contribution in [1.29, 1.82) is 0 Å². The van der Waals surface area contributed by atoms with Crippen molar-refractivity contribution in [2.24, 2.45) is 5.84 Å². The molecular formula is C16H20N4O. The number of carbonyl (C=O) groups excluding carboxylic acids is 1. The van der Waals surface area contributed by atoms with Gasteiger partial charge in [0, 0.05) is 16.9 Å². The van der Waals surface area contributed by atoms with Gasteiger partial charge in [-0.1, -0.05) is 26.0 Å². The van der Waals surface area contributed by atoms with Crippen LogP contribution in [0.2, 0.25) is 0 Å². The number of anilines is 2. The molecule has 1 aromatic heterocycles. The van der Waals surface area contributed by atoms with E-state index < -0.39 is 0 Å². The Bertz CT molecular complexity index is 600. The summed E-state index contributed by atoms with van der Waals surface area (Å²) in [7, 11) is 0. The molecule has 2 rings (SSSR count). The van der Waals surface area contributed by atoms with Gasteiger partial charge in [-0.3, -0.25) is 4.79 Å². The Kier molecular flexibility index (Phi) is 4.90. The molecule has 1 aromatic carbocycles. The quantitative estimate of drug-likeness (QED) is 0.582. The second-order valence-corrected chi connectivity index (χ2v) is 4.73. The molecule has 2 aromatic rings. The van der Waals surface area contributed by atoms with Crippen LogP contribution in [0, 0.1) is 0 Å². The zero-order chi connectivity index (χ0) is 15.2. The average Bonchev–Trinajstić information content (AvgIpc) is 2.54. The molecule has 4 N–H and O–H groups in total.